The van der Waals surface area contributed by atoms with Crippen LogP contribution in [0, 0.1) is 0 Å². The quantitative estimate of drug-likeness (QED) is 0.469. The van der Waals surface area contributed by atoms with Crippen molar-refractivity contribution in [3.8, 4) is 0 Å². The molecule has 0 atom stereocenters. The van der Waals surface area contributed by atoms with Gasteiger partial charge < -0.3 is 0 Å². The molecule has 0 spiro atoms. The average molecular weight is 392 g/mol. The van der Waals surface area contributed by atoms with E-state index in [4.69, 9.17) is 3.07 Å². The molecule has 0 saturated heterocycles. The molecule has 0 heterocycles. The number of hydrogen-bond acceptors (Lipinski definition) is 1. The molecular weight excluding hydrogens is 375 g/mol. The Kier molecular flexibility index (Phi) is 4.96. The predicted molar refractivity (Wildman–Crippen MR) is 90.9 cm³/mol. The minimum atomic E-state index is -0.271. The Bertz CT molecular complexity index is 599. The van der Waals surface area contributed by atoms with Crippen LogP contribution in [0.25, 0.3) is 0 Å². The van der Waals surface area contributed by atoms with Crippen LogP contribution in [-0.4, -0.2) is 29.5 Å². The Hall–Kier alpha value is -1.58. The van der Waals surface area contributed by atoms with Crippen LogP contribution in [0.2, 0.25) is 0 Å². The summed E-state index contributed by atoms with van der Waals surface area (Å²) >= 11 is 1.09. The first-order valence-corrected chi connectivity index (χ1v) is 8.49. The van der Waals surface area contributed by atoms with Crippen LogP contribution in [0.4, 0.5) is 0 Å². The molecule has 0 N–H and O–H groups in total. The molecule has 0 saturated carbocycles. The van der Waals surface area contributed by atoms with Crippen molar-refractivity contribution in [2.75, 3.05) is 6.61 Å². The molecule has 3 aromatic rings. The normalized spacial score (nSPS) is 11.3. The number of hydrogen-bond donors (Lipinski definition) is 0. The van der Waals surface area contributed by atoms with Crippen molar-refractivity contribution in [1.29, 1.82) is 0 Å². The average Bonchev–Trinajstić information content (AvgIpc) is 2.62. The Morgan fingerprint density at radius 2 is 0.909 bits per heavy atom. The summed E-state index contributed by atoms with van der Waals surface area (Å²) < 4.78 is 5.76. The van der Waals surface area contributed by atoms with Crippen molar-refractivity contribution in [3.63, 3.8) is 0 Å². The van der Waals surface area contributed by atoms with E-state index >= 15 is 0 Å². The SMILES string of the molecule is [Sn][O]CC(c1ccccc1)(c1ccccc1)c1ccccc1. The molecule has 2 heteroatoms. The van der Waals surface area contributed by atoms with E-state index in [9.17, 15) is 0 Å². The topological polar surface area (TPSA) is 9.23 Å². The Labute approximate surface area is 145 Å². The van der Waals surface area contributed by atoms with Crippen LogP contribution < -0.4 is 0 Å². The minimum absolute atomic E-state index is 0.271. The van der Waals surface area contributed by atoms with Crippen molar-refractivity contribution in [1.82, 2.24) is 0 Å². The van der Waals surface area contributed by atoms with Crippen molar-refractivity contribution in [2.24, 2.45) is 0 Å². The molecule has 1 nitrogen and oxygen atoms in total. The summed E-state index contributed by atoms with van der Waals surface area (Å²) in [6.45, 7) is 0.642. The molecule has 0 fully saturated rings. The molecule has 0 aromatic heterocycles. The summed E-state index contributed by atoms with van der Waals surface area (Å²) in [7, 11) is 0. The molecule has 3 aromatic carbocycles. The Balaban J connectivity index is 2.29. The first-order chi connectivity index (χ1) is 10.9. The zero-order chi connectivity index (χ0) is 15.3. The fourth-order valence-electron chi connectivity index (χ4n) is 3.03. The van der Waals surface area contributed by atoms with Crippen LogP contribution in [0.3, 0.4) is 0 Å². The fourth-order valence-corrected chi connectivity index (χ4v) is 3.64. The monoisotopic (exact) mass is 393 g/mol. The van der Waals surface area contributed by atoms with Crippen molar-refractivity contribution in [3.05, 3.63) is 108 Å². The fraction of sp³-hybridized carbons (Fsp3) is 0.100. The van der Waals surface area contributed by atoms with Gasteiger partial charge in [-0.15, -0.1) is 0 Å². The summed E-state index contributed by atoms with van der Waals surface area (Å²) in [5.74, 6) is 0. The van der Waals surface area contributed by atoms with Crippen LogP contribution in [0.5, 0.6) is 0 Å². The van der Waals surface area contributed by atoms with Gasteiger partial charge in [0.25, 0.3) is 0 Å². The van der Waals surface area contributed by atoms with Crippen molar-refractivity contribution < 1.29 is 3.07 Å². The van der Waals surface area contributed by atoms with E-state index in [2.05, 4.69) is 91.0 Å². The summed E-state index contributed by atoms with van der Waals surface area (Å²) in [5, 5.41) is 0. The van der Waals surface area contributed by atoms with Crippen LogP contribution in [0.1, 0.15) is 16.7 Å². The van der Waals surface area contributed by atoms with Crippen molar-refractivity contribution in [2.45, 2.75) is 5.41 Å². The molecule has 3 rings (SSSR count). The van der Waals surface area contributed by atoms with Crippen LogP contribution >= 0.6 is 0 Å². The van der Waals surface area contributed by atoms with Crippen LogP contribution in [-0.2, 0) is 8.49 Å². The van der Waals surface area contributed by atoms with Gasteiger partial charge in [0.2, 0.25) is 0 Å². The van der Waals surface area contributed by atoms with Gasteiger partial charge in [-0.2, -0.15) is 0 Å². The van der Waals surface area contributed by atoms with Gasteiger partial charge in [-0.25, -0.2) is 0 Å². The summed E-state index contributed by atoms with van der Waals surface area (Å²) in [6, 6.07) is 31.9. The molecular formula is C20H17OSn. The molecule has 0 aliphatic heterocycles. The molecule has 107 valence electrons. The maximum atomic E-state index is 5.76. The second-order valence-electron chi connectivity index (χ2n) is 5.29. The number of benzene rings is 3. The Morgan fingerprint density at radius 3 is 1.18 bits per heavy atom. The second kappa shape index (κ2) is 7.12. The summed E-state index contributed by atoms with van der Waals surface area (Å²) in [6.07, 6.45) is 0. The standard InChI is InChI=1S/C20H17O.Sn/c21-16-20(17-10-4-1-5-11-17,18-12-6-2-7-13-18)19-14-8-3-9-15-19;/h1-15H,16H2;/q-1;+1. The third-order valence-electron chi connectivity index (χ3n) is 4.09. The Morgan fingerprint density at radius 1 is 0.591 bits per heavy atom. The third kappa shape index (κ3) is 2.83. The van der Waals surface area contributed by atoms with Gasteiger partial charge in [-0.05, 0) is 0 Å². The molecule has 0 unspecified atom stereocenters. The molecule has 3 radical (unpaired) electrons. The second-order valence-corrected chi connectivity index (χ2v) is 6.12. The summed E-state index contributed by atoms with van der Waals surface area (Å²) in [4.78, 5) is 0. The van der Waals surface area contributed by atoms with Gasteiger partial charge in [-0.3, -0.25) is 0 Å². The zero-order valence-electron chi connectivity index (χ0n) is 12.3. The maximum absolute atomic E-state index is 5.76. The first kappa shape index (κ1) is 15.3. The molecule has 22 heavy (non-hydrogen) atoms. The van der Waals surface area contributed by atoms with E-state index in [0.29, 0.717) is 6.61 Å². The number of rotatable bonds is 5. The van der Waals surface area contributed by atoms with E-state index in [1.165, 1.54) is 16.7 Å². The van der Waals surface area contributed by atoms with E-state index in [1.807, 2.05) is 0 Å². The van der Waals surface area contributed by atoms with Crippen LogP contribution in [0.15, 0.2) is 91.0 Å². The van der Waals surface area contributed by atoms with Gasteiger partial charge in [0.15, 0.2) is 0 Å². The van der Waals surface area contributed by atoms with Gasteiger partial charge in [0.1, 0.15) is 0 Å². The van der Waals surface area contributed by atoms with Crippen molar-refractivity contribution >= 4 is 22.9 Å². The molecule has 0 bridgehead atoms. The van der Waals surface area contributed by atoms with Gasteiger partial charge >= 0.3 is 146 Å². The predicted octanol–water partition coefficient (Wildman–Crippen LogP) is 4.12. The van der Waals surface area contributed by atoms with E-state index in [1.54, 1.807) is 0 Å². The first-order valence-electron chi connectivity index (χ1n) is 7.33. The molecule has 0 amide bonds. The zero-order valence-corrected chi connectivity index (χ0v) is 15.1. The van der Waals surface area contributed by atoms with E-state index in [-0.39, 0.29) is 5.41 Å². The molecule has 0 aliphatic rings. The molecule has 0 aliphatic carbocycles. The van der Waals surface area contributed by atoms with Gasteiger partial charge in [-0.1, -0.05) is 0 Å². The van der Waals surface area contributed by atoms with Gasteiger partial charge in [0.05, 0.1) is 0 Å². The van der Waals surface area contributed by atoms with Gasteiger partial charge in [0, 0.05) is 0 Å². The van der Waals surface area contributed by atoms with E-state index in [0.717, 1.165) is 22.9 Å². The third-order valence-corrected chi connectivity index (χ3v) is 4.50. The summed E-state index contributed by atoms with van der Waals surface area (Å²) in [5.41, 5.74) is 3.51. The van der Waals surface area contributed by atoms with E-state index < -0.39 is 0 Å².